The fourth-order valence-electron chi connectivity index (χ4n) is 4.33. The van der Waals surface area contributed by atoms with Gasteiger partial charge in [0, 0.05) is 60.7 Å². The molecule has 0 saturated carbocycles. The standard InChI is InChI=1S/C17H17ClN4S.C10H21N3O/c1-9-10(2)23-17-15(9)16(12-4-6-13(18)7-5-12)21-8-14(20)22(17)11(3)19;1-11-10(14)4-3-5-13-8-6-12(2)7-9-13/h4-7,19-20H,8H2,1-3H3;3-9H2,1-2H3,(H,11,14). The average molecular weight is 544 g/mol. The number of thiophene rings is 1. The van der Waals surface area contributed by atoms with Gasteiger partial charge in [0.25, 0.3) is 0 Å². The first-order chi connectivity index (χ1) is 17.6. The second kappa shape index (κ2) is 13.3. The lowest BCUT2D eigenvalue weighted by Crippen LogP contribution is -2.44. The van der Waals surface area contributed by atoms with Crippen LogP contribution in [0.25, 0.3) is 0 Å². The number of halogens is 1. The number of hydrogen-bond acceptors (Lipinski definition) is 7. The number of aliphatic imine (C=N–C) groups is 1. The minimum absolute atomic E-state index is 0.152. The molecule has 10 heteroatoms. The van der Waals surface area contributed by atoms with Crippen LogP contribution >= 0.6 is 22.9 Å². The van der Waals surface area contributed by atoms with Gasteiger partial charge in [-0.25, -0.2) is 0 Å². The summed E-state index contributed by atoms with van der Waals surface area (Å²) in [4.78, 5) is 23.3. The van der Waals surface area contributed by atoms with Crippen molar-refractivity contribution >= 4 is 51.2 Å². The highest BCUT2D eigenvalue weighted by molar-refractivity contribution is 7.17. The predicted octanol–water partition coefficient (Wildman–Crippen LogP) is 4.41. The Morgan fingerprint density at radius 2 is 1.81 bits per heavy atom. The SMILES string of the molecule is CC(=N)N1C(=N)CN=C(c2ccc(Cl)cc2)c2c1sc(C)c2C.CNC(=O)CCCN1CCN(C)CC1. The van der Waals surface area contributed by atoms with E-state index in [1.54, 1.807) is 30.2 Å². The number of hydrogen-bond donors (Lipinski definition) is 3. The maximum atomic E-state index is 11.0. The number of anilines is 1. The van der Waals surface area contributed by atoms with Crippen LogP contribution in [-0.2, 0) is 4.79 Å². The predicted molar refractivity (Wildman–Crippen MR) is 157 cm³/mol. The molecule has 1 aromatic heterocycles. The van der Waals surface area contributed by atoms with Gasteiger partial charge in [-0.1, -0.05) is 23.7 Å². The number of benzene rings is 1. The smallest absolute Gasteiger partial charge is 0.219 e. The van der Waals surface area contributed by atoms with E-state index in [0.717, 1.165) is 66.5 Å². The zero-order chi connectivity index (χ0) is 27.1. The third-order valence-corrected chi connectivity index (χ3v) is 8.11. The van der Waals surface area contributed by atoms with E-state index in [2.05, 4.69) is 41.0 Å². The number of amides is 1. The van der Waals surface area contributed by atoms with E-state index in [1.807, 2.05) is 24.3 Å². The third kappa shape index (κ3) is 7.47. The van der Waals surface area contributed by atoms with Gasteiger partial charge in [-0.15, -0.1) is 11.3 Å². The zero-order valence-electron chi connectivity index (χ0n) is 22.4. The molecule has 37 heavy (non-hydrogen) atoms. The molecule has 0 radical (unpaired) electrons. The maximum absolute atomic E-state index is 11.0. The molecule has 3 N–H and O–H groups in total. The van der Waals surface area contributed by atoms with Crippen molar-refractivity contribution in [1.29, 1.82) is 10.8 Å². The third-order valence-electron chi connectivity index (χ3n) is 6.67. The number of carbonyl (C=O) groups excluding carboxylic acids is 1. The molecule has 1 amide bonds. The van der Waals surface area contributed by atoms with Crippen LogP contribution < -0.4 is 10.2 Å². The molecule has 200 valence electrons. The minimum atomic E-state index is 0.152. The van der Waals surface area contributed by atoms with Gasteiger partial charge in [0.05, 0.1) is 12.3 Å². The molecule has 0 bridgehead atoms. The quantitative estimate of drug-likeness (QED) is 0.384. The molecule has 2 aliphatic rings. The van der Waals surface area contributed by atoms with Crippen molar-refractivity contribution in [2.75, 3.05) is 58.3 Å². The largest absolute Gasteiger partial charge is 0.359 e. The van der Waals surface area contributed by atoms with E-state index in [9.17, 15) is 4.79 Å². The summed E-state index contributed by atoms with van der Waals surface area (Å²) in [5.74, 6) is 0.813. The minimum Gasteiger partial charge on any atom is -0.359 e. The highest BCUT2D eigenvalue weighted by Gasteiger charge is 2.29. The van der Waals surface area contributed by atoms with E-state index >= 15 is 0 Å². The molecule has 0 unspecified atom stereocenters. The first kappa shape index (κ1) is 29.0. The van der Waals surface area contributed by atoms with Gasteiger partial charge < -0.3 is 15.1 Å². The van der Waals surface area contributed by atoms with Crippen molar-refractivity contribution in [2.45, 2.75) is 33.6 Å². The van der Waals surface area contributed by atoms with E-state index < -0.39 is 0 Å². The van der Waals surface area contributed by atoms with Gasteiger partial charge in [-0.3, -0.25) is 25.5 Å². The molecular formula is C27H38ClN7OS. The molecule has 1 fully saturated rings. The van der Waals surface area contributed by atoms with Crippen LogP contribution in [0.5, 0.6) is 0 Å². The first-order valence-electron chi connectivity index (χ1n) is 12.6. The molecule has 0 aliphatic carbocycles. The van der Waals surface area contributed by atoms with Crippen LogP contribution in [0.1, 0.15) is 41.3 Å². The number of fused-ring (bicyclic) bond motifs is 1. The molecule has 1 saturated heterocycles. The number of aryl methyl sites for hydroxylation is 1. The number of rotatable bonds is 5. The lowest BCUT2D eigenvalue weighted by molar-refractivity contribution is -0.120. The molecule has 8 nitrogen and oxygen atoms in total. The van der Waals surface area contributed by atoms with Gasteiger partial charge in [-0.2, -0.15) is 0 Å². The second-order valence-corrected chi connectivity index (χ2v) is 11.1. The Balaban J connectivity index is 0.000000233. The summed E-state index contributed by atoms with van der Waals surface area (Å²) in [5.41, 5.74) is 4.02. The van der Waals surface area contributed by atoms with E-state index in [1.165, 1.54) is 4.88 Å². The summed E-state index contributed by atoms with van der Waals surface area (Å²) >= 11 is 7.61. The number of likely N-dealkylation sites (N-methyl/N-ethyl adjacent to an activating group) is 1. The Morgan fingerprint density at radius 3 is 2.41 bits per heavy atom. The van der Waals surface area contributed by atoms with Crippen LogP contribution in [0.3, 0.4) is 0 Å². The monoisotopic (exact) mass is 543 g/mol. The normalized spacial score (nSPS) is 16.3. The fourth-order valence-corrected chi connectivity index (χ4v) is 5.69. The molecule has 0 atom stereocenters. The van der Waals surface area contributed by atoms with Crippen LogP contribution in [0.2, 0.25) is 5.02 Å². The number of nitrogens with one attached hydrogen (secondary N) is 3. The van der Waals surface area contributed by atoms with Crippen molar-refractivity contribution in [2.24, 2.45) is 4.99 Å². The van der Waals surface area contributed by atoms with Gasteiger partial charge in [0.1, 0.15) is 16.7 Å². The van der Waals surface area contributed by atoms with Crippen molar-refractivity contribution in [1.82, 2.24) is 15.1 Å². The van der Waals surface area contributed by atoms with Gasteiger partial charge >= 0.3 is 0 Å². The summed E-state index contributed by atoms with van der Waals surface area (Å²) in [6.45, 7) is 11.7. The summed E-state index contributed by atoms with van der Waals surface area (Å²) in [6, 6.07) is 7.61. The molecule has 4 rings (SSSR count). The average Bonchev–Trinajstić information content (AvgIpc) is 3.06. The fraction of sp³-hybridized carbons (Fsp3) is 0.481. The lowest BCUT2D eigenvalue weighted by atomic mass is 10.00. The number of nitrogens with zero attached hydrogens (tertiary/aromatic N) is 4. The highest BCUT2D eigenvalue weighted by atomic mass is 35.5. The first-order valence-corrected chi connectivity index (χ1v) is 13.8. The van der Waals surface area contributed by atoms with Gasteiger partial charge in [0.15, 0.2) is 0 Å². The topological polar surface area (TPSA) is 98.9 Å². The van der Waals surface area contributed by atoms with Crippen molar-refractivity contribution in [3.63, 3.8) is 0 Å². The Labute approximate surface area is 229 Å². The Bertz CT molecular complexity index is 1150. The van der Waals surface area contributed by atoms with Crippen molar-refractivity contribution < 1.29 is 4.79 Å². The summed E-state index contributed by atoms with van der Waals surface area (Å²) < 4.78 is 0. The molecule has 0 spiro atoms. The molecule has 1 aromatic carbocycles. The van der Waals surface area contributed by atoms with Crippen LogP contribution in [0.4, 0.5) is 5.00 Å². The van der Waals surface area contributed by atoms with Crippen molar-refractivity contribution in [3.05, 3.63) is 50.9 Å². The molecule has 3 heterocycles. The van der Waals surface area contributed by atoms with Crippen molar-refractivity contribution in [3.8, 4) is 0 Å². The Kier molecular flexibility index (Phi) is 10.4. The molecule has 2 aromatic rings. The zero-order valence-corrected chi connectivity index (χ0v) is 24.0. The lowest BCUT2D eigenvalue weighted by Gasteiger charge is -2.32. The maximum Gasteiger partial charge on any atom is 0.219 e. The second-order valence-electron chi connectivity index (χ2n) is 9.42. The molecular weight excluding hydrogens is 506 g/mol. The Hall–Kier alpha value is -2.59. The summed E-state index contributed by atoms with van der Waals surface area (Å²) in [6.07, 6.45) is 1.63. The van der Waals surface area contributed by atoms with E-state index in [-0.39, 0.29) is 12.5 Å². The Morgan fingerprint density at radius 1 is 1.16 bits per heavy atom. The van der Waals surface area contributed by atoms with Crippen LogP contribution in [0.15, 0.2) is 29.3 Å². The van der Waals surface area contributed by atoms with Gasteiger partial charge in [-0.05, 0) is 58.5 Å². The highest BCUT2D eigenvalue weighted by Crippen LogP contribution is 2.39. The van der Waals surface area contributed by atoms with Crippen LogP contribution in [0, 0.1) is 24.7 Å². The van der Waals surface area contributed by atoms with Gasteiger partial charge in [0.2, 0.25) is 5.91 Å². The van der Waals surface area contributed by atoms with E-state index in [4.69, 9.17) is 22.4 Å². The molecule has 2 aliphatic heterocycles. The van der Waals surface area contributed by atoms with E-state index in [0.29, 0.717) is 23.1 Å². The number of carbonyl (C=O) groups is 1. The number of piperazine rings is 1. The number of amidine groups is 2. The summed E-state index contributed by atoms with van der Waals surface area (Å²) in [7, 11) is 3.85. The summed E-state index contributed by atoms with van der Waals surface area (Å²) in [5, 5.41) is 20.6. The van der Waals surface area contributed by atoms with Crippen LogP contribution in [-0.4, -0.2) is 86.5 Å².